The van der Waals surface area contributed by atoms with E-state index in [1.54, 1.807) is 12.4 Å². The summed E-state index contributed by atoms with van der Waals surface area (Å²) in [7, 11) is 0. The Kier molecular flexibility index (Phi) is 3.14. The highest BCUT2D eigenvalue weighted by Gasteiger charge is 2.15. The summed E-state index contributed by atoms with van der Waals surface area (Å²) < 4.78 is 11.3. The Bertz CT molecular complexity index is 1460. The summed E-state index contributed by atoms with van der Waals surface area (Å²) in [6, 6.07) is 23.5. The molecule has 0 aliphatic carbocycles. The van der Waals surface area contributed by atoms with Crippen LogP contribution in [-0.4, -0.2) is 9.97 Å². The van der Waals surface area contributed by atoms with Crippen LogP contribution in [0.3, 0.4) is 0 Å². The molecule has 0 aliphatic heterocycles. The van der Waals surface area contributed by atoms with Gasteiger partial charge in [-0.3, -0.25) is 0 Å². The summed E-state index contributed by atoms with van der Waals surface area (Å²) >= 11 is 0. The minimum atomic E-state index is 0.377. The number of nitrogens with zero attached hydrogens (tertiary/aromatic N) is 2. The third kappa shape index (κ3) is 2.25. The lowest BCUT2D eigenvalue weighted by Crippen LogP contribution is -1.84. The van der Waals surface area contributed by atoms with E-state index in [1.807, 2.05) is 6.07 Å². The molecular formula is C24H14N2O2. The maximum Gasteiger partial charge on any atom is 0.284 e. The molecule has 2 aromatic heterocycles. The van der Waals surface area contributed by atoms with Crippen molar-refractivity contribution < 1.29 is 8.83 Å². The van der Waals surface area contributed by atoms with Gasteiger partial charge >= 0.3 is 0 Å². The number of hydrogen-bond donors (Lipinski definition) is 0. The highest BCUT2D eigenvalue weighted by molar-refractivity contribution is 6.16. The fraction of sp³-hybridized carbons (Fsp3) is 0. The van der Waals surface area contributed by atoms with E-state index in [9.17, 15) is 0 Å². The van der Waals surface area contributed by atoms with Gasteiger partial charge in [-0.2, -0.15) is 0 Å². The van der Waals surface area contributed by atoms with Crippen LogP contribution in [0.4, 0.5) is 0 Å². The number of oxazole rings is 2. The zero-order chi connectivity index (χ0) is 18.5. The van der Waals surface area contributed by atoms with Gasteiger partial charge in [-0.15, -0.1) is 0 Å². The quantitative estimate of drug-likeness (QED) is 0.262. The standard InChI is InChI=1S/C24H14N2O2/c1-2-5-17-13-20-18(12-16(17)4-1)9-8-15-6-3-7-19(22(15)20)21-14-26-24(28-21)23-25-10-11-27-23/h1-14H. The number of benzene rings is 4. The number of aromatic nitrogens is 2. The molecule has 0 spiro atoms. The van der Waals surface area contributed by atoms with Crippen LogP contribution in [0.2, 0.25) is 0 Å². The second-order valence-corrected chi connectivity index (χ2v) is 6.76. The van der Waals surface area contributed by atoms with Crippen LogP contribution in [0.1, 0.15) is 0 Å². The summed E-state index contributed by atoms with van der Waals surface area (Å²) in [5.74, 6) is 1.45. The molecule has 132 valence electrons. The first-order chi connectivity index (χ1) is 13.9. The van der Waals surface area contributed by atoms with E-state index in [2.05, 4.69) is 70.6 Å². The van der Waals surface area contributed by atoms with Gasteiger partial charge in [-0.1, -0.05) is 54.6 Å². The Morgan fingerprint density at radius 3 is 2.36 bits per heavy atom. The fourth-order valence-electron chi connectivity index (χ4n) is 3.83. The summed E-state index contributed by atoms with van der Waals surface area (Å²) in [5.41, 5.74) is 1.00. The lowest BCUT2D eigenvalue weighted by Gasteiger charge is -2.10. The van der Waals surface area contributed by atoms with Crippen molar-refractivity contribution in [3.8, 4) is 23.1 Å². The van der Waals surface area contributed by atoms with Gasteiger partial charge in [0, 0.05) is 10.9 Å². The molecule has 0 amide bonds. The van der Waals surface area contributed by atoms with Crippen molar-refractivity contribution in [2.24, 2.45) is 0 Å². The number of fused-ring (bicyclic) bond motifs is 4. The van der Waals surface area contributed by atoms with E-state index >= 15 is 0 Å². The molecule has 4 aromatic carbocycles. The Labute approximate surface area is 160 Å². The number of rotatable bonds is 2. The minimum Gasteiger partial charge on any atom is -0.441 e. The Hall–Kier alpha value is -3.92. The first-order valence-electron chi connectivity index (χ1n) is 9.07. The number of hydrogen-bond acceptors (Lipinski definition) is 4. The predicted molar refractivity (Wildman–Crippen MR) is 110 cm³/mol. The molecule has 4 nitrogen and oxygen atoms in total. The Morgan fingerprint density at radius 1 is 0.679 bits per heavy atom. The molecule has 0 saturated carbocycles. The maximum absolute atomic E-state index is 5.99. The van der Waals surface area contributed by atoms with Crippen molar-refractivity contribution >= 4 is 32.3 Å². The van der Waals surface area contributed by atoms with Crippen LogP contribution in [0.5, 0.6) is 0 Å². The van der Waals surface area contributed by atoms with E-state index in [0.717, 1.165) is 16.3 Å². The average molecular weight is 362 g/mol. The molecule has 0 fully saturated rings. The van der Waals surface area contributed by atoms with Gasteiger partial charge in [0.2, 0.25) is 0 Å². The van der Waals surface area contributed by atoms with Crippen LogP contribution in [0.15, 0.2) is 94.2 Å². The van der Waals surface area contributed by atoms with Crippen LogP contribution < -0.4 is 0 Å². The van der Waals surface area contributed by atoms with Crippen LogP contribution in [-0.2, 0) is 0 Å². The predicted octanol–water partition coefficient (Wildman–Crippen LogP) is 6.46. The van der Waals surface area contributed by atoms with Gasteiger partial charge in [0.15, 0.2) is 5.76 Å². The third-order valence-corrected chi connectivity index (χ3v) is 5.11. The SMILES string of the molecule is c1ccc2cc3c(ccc4cccc(-c5cnc(-c6ncco6)o5)c43)cc2c1. The van der Waals surface area contributed by atoms with Crippen molar-refractivity contribution in [3.05, 3.63) is 85.4 Å². The van der Waals surface area contributed by atoms with Gasteiger partial charge in [-0.25, -0.2) is 9.97 Å². The van der Waals surface area contributed by atoms with Gasteiger partial charge < -0.3 is 8.83 Å². The average Bonchev–Trinajstić information content (AvgIpc) is 3.43. The Balaban J connectivity index is 1.66. The smallest absolute Gasteiger partial charge is 0.284 e. The molecule has 0 bridgehead atoms. The molecular weight excluding hydrogens is 348 g/mol. The van der Waals surface area contributed by atoms with Crippen LogP contribution in [0.25, 0.3) is 55.4 Å². The summed E-state index contributed by atoms with van der Waals surface area (Å²) in [6.45, 7) is 0. The second-order valence-electron chi connectivity index (χ2n) is 6.76. The van der Waals surface area contributed by atoms with Crippen LogP contribution >= 0.6 is 0 Å². The van der Waals surface area contributed by atoms with Gasteiger partial charge in [0.05, 0.1) is 12.4 Å². The fourth-order valence-corrected chi connectivity index (χ4v) is 3.83. The van der Waals surface area contributed by atoms with Gasteiger partial charge in [0.25, 0.3) is 11.8 Å². The Morgan fingerprint density at radius 2 is 1.50 bits per heavy atom. The molecule has 0 unspecified atom stereocenters. The van der Waals surface area contributed by atoms with Crippen molar-refractivity contribution in [2.75, 3.05) is 0 Å². The van der Waals surface area contributed by atoms with Crippen molar-refractivity contribution in [3.63, 3.8) is 0 Å². The normalized spacial score (nSPS) is 11.6. The van der Waals surface area contributed by atoms with E-state index in [-0.39, 0.29) is 0 Å². The summed E-state index contributed by atoms with van der Waals surface area (Å²) in [5, 5.41) is 7.16. The third-order valence-electron chi connectivity index (χ3n) is 5.11. The highest BCUT2D eigenvalue weighted by Crippen LogP contribution is 2.37. The lowest BCUT2D eigenvalue weighted by atomic mass is 9.94. The maximum atomic E-state index is 5.99. The largest absolute Gasteiger partial charge is 0.441 e. The molecule has 4 heteroatoms. The van der Waals surface area contributed by atoms with Crippen molar-refractivity contribution in [1.82, 2.24) is 9.97 Å². The molecule has 28 heavy (non-hydrogen) atoms. The van der Waals surface area contributed by atoms with Crippen molar-refractivity contribution in [2.45, 2.75) is 0 Å². The monoisotopic (exact) mass is 362 g/mol. The summed E-state index contributed by atoms with van der Waals surface area (Å²) in [4.78, 5) is 8.47. The van der Waals surface area contributed by atoms with E-state index < -0.39 is 0 Å². The molecule has 6 aromatic rings. The summed E-state index contributed by atoms with van der Waals surface area (Å²) in [6.07, 6.45) is 4.82. The van der Waals surface area contributed by atoms with E-state index in [0.29, 0.717) is 17.5 Å². The molecule has 0 N–H and O–H groups in total. The molecule has 0 saturated heterocycles. The zero-order valence-corrected chi connectivity index (χ0v) is 14.8. The topological polar surface area (TPSA) is 52.1 Å². The van der Waals surface area contributed by atoms with E-state index in [4.69, 9.17) is 8.83 Å². The van der Waals surface area contributed by atoms with Gasteiger partial charge in [-0.05, 0) is 39.1 Å². The highest BCUT2D eigenvalue weighted by atomic mass is 16.4. The van der Waals surface area contributed by atoms with E-state index in [1.165, 1.54) is 27.8 Å². The zero-order valence-electron chi connectivity index (χ0n) is 14.8. The van der Waals surface area contributed by atoms with Crippen LogP contribution in [0, 0.1) is 0 Å². The molecule has 0 aliphatic rings. The first-order valence-corrected chi connectivity index (χ1v) is 9.07. The molecule has 0 atom stereocenters. The second kappa shape index (κ2) is 5.79. The lowest BCUT2D eigenvalue weighted by molar-refractivity contribution is 0.516. The van der Waals surface area contributed by atoms with Gasteiger partial charge in [0.1, 0.15) is 6.26 Å². The molecule has 0 radical (unpaired) electrons. The van der Waals surface area contributed by atoms with Crippen molar-refractivity contribution in [1.29, 1.82) is 0 Å². The minimum absolute atomic E-state index is 0.377. The molecule has 2 heterocycles. The molecule has 6 rings (SSSR count). The first kappa shape index (κ1) is 15.2.